The van der Waals surface area contributed by atoms with Crippen LogP contribution in [0.2, 0.25) is 0 Å². The van der Waals surface area contributed by atoms with Gasteiger partial charge < -0.3 is 14.6 Å². The molecule has 1 saturated carbocycles. The molecule has 0 atom stereocenters. The fourth-order valence-electron chi connectivity index (χ4n) is 2.41. The van der Waals surface area contributed by atoms with Crippen LogP contribution in [0.1, 0.15) is 29.5 Å². The lowest BCUT2D eigenvalue weighted by Crippen LogP contribution is -2.14. The number of nitrogens with one attached hydrogen (secondary N) is 1. The predicted octanol–water partition coefficient (Wildman–Crippen LogP) is 2.67. The molecule has 0 spiro atoms. The summed E-state index contributed by atoms with van der Waals surface area (Å²) in [7, 11) is 1.66. The lowest BCUT2D eigenvalue weighted by atomic mass is 10.1. The summed E-state index contributed by atoms with van der Waals surface area (Å²) < 4.78 is 7.50. The smallest absolute Gasteiger partial charge is 0.123 e. The SMILES string of the molecule is COc1ccc(C#N)cc1Cn1ccc(CNC2CC2)c1. The van der Waals surface area contributed by atoms with Gasteiger partial charge in [0, 0.05) is 30.5 Å². The van der Waals surface area contributed by atoms with E-state index >= 15 is 0 Å². The molecule has 0 radical (unpaired) electrons. The third kappa shape index (κ3) is 3.45. The zero-order valence-electron chi connectivity index (χ0n) is 12.2. The van der Waals surface area contributed by atoms with E-state index in [1.165, 1.54) is 18.4 Å². The number of benzene rings is 1. The summed E-state index contributed by atoms with van der Waals surface area (Å²) in [5.74, 6) is 0.820. The zero-order valence-corrected chi connectivity index (χ0v) is 12.2. The Labute approximate surface area is 125 Å². The Morgan fingerprint density at radius 3 is 2.95 bits per heavy atom. The Bertz CT molecular complexity index is 665. The Morgan fingerprint density at radius 2 is 2.24 bits per heavy atom. The van der Waals surface area contributed by atoms with Gasteiger partial charge in [0.15, 0.2) is 0 Å². The van der Waals surface area contributed by atoms with Gasteiger partial charge in [-0.15, -0.1) is 0 Å². The molecule has 0 saturated heterocycles. The second kappa shape index (κ2) is 6.02. The first-order valence-electron chi connectivity index (χ1n) is 7.23. The molecule has 1 N–H and O–H groups in total. The number of ether oxygens (including phenoxy) is 1. The third-order valence-electron chi connectivity index (χ3n) is 3.75. The molecule has 3 rings (SSSR count). The molecule has 0 bridgehead atoms. The van der Waals surface area contributed by atoms with Crippen LogP contribution in [0.3, 0.4) is 0 Å². The van der Waals surface area contributed by atoms with E-state index in [0.29, 0.717) is 12.1 Å². The molecule has 1 aromatic heterocycles. The van der Waals surface area contributed by atoms with E-state index < -0.39 is 0 Å². The van der Waals surface area contributed by atoms with Crippen molar-refractivity contribution in [2.24, 2.45) is 0 Å². The highest BCUT2D eigenvalue weighted by atomic mass is 16.5. The number of methoxy groups -OCH3 is 1. The van der Waals surface area contributed by atoms with Crippen LogP contribution < -0.4 is 10.1 Å². The molecule has 0 aliphatic heterocycles. The first kappa shape index (κ1) is 13.7. The topological polar surface area (TPSA) is 50.0 Å². The summed E-state index contributed by atoms with van der Waals surface area (Å²) in [4.78, 5) is 0. The molecular formula is C17H19N3O. The van der Waals surface area contributed by atoms with Crippen LogP contribution in [0.15, 0.2) is 36.7 Å². The van der Waals surface area contributed by atoms with Gasteiger partial charge in [-0.1, -0.05) is 0 Å². The normalized spacial score (nSPS) is 13.9. The predicted molar refractivity (Wildman–Crippen MR) is 81.1 cm³/mol. The van der Waals surface area contributed by atoms with Crippen LogP contribution in [-0.2, 0) is 13.1 Å². The lowest BCUT2D eigenvalue weighted by molar-refractivity contribution is 0.408. The van der Waals surface area contributed by atoms with E-state index in [0.717, 1.165) is 23.9 Å². The second-order valence-electron chi connectivity index (χ2n) is 5.49. The van der Waals surface area contributed by atoms with E-state index in [9.17, 15) is 0 Å². The van der Waals surface area contributed by atoms with Gasteiger partial charge in [-0.05, 0) is 42.7 Å². The van der Waals surface area contributed by atoms with Crippen LogP contribution in [0.4, 0.5) is 0 Å². The molecule has 1 heterocycles. The molecule has 1 aliphatic rings. The molecule has 1 aliphatic carbocycles. The highest BCUT2D eigenvalue weighted by Gasteiger charge is 2.20. The third-order valence-corrected chi connectivity index (χ3v) is 3.75. The van der Waals surface area contributed by atoms with Crippen molar-refractivity contribution in [1.29, 1.82) is 5.26 Å². The number of rotatable bonds is 6. The van der Waals surface area contributed by atoms with Crippen LogP contribution in [0.5, 0.6) is 5.75 Å². The van der Waals surface area contributed by atoms with E-state index in [2.05, 4.69) is 34.4 Å². The summed E-state index contributed by atoms with van der Waals surface area (Å²) in [5, 5.41) is 12.5. The maximum Gasteiger partial charge on any atom is 0.123 e. The molecule has 21 heavy (non-hydrogen) atoms. The van der Waals surface area contributed by atoms with Crippen molar-refractivity contribution in [3.05, 3.63) is 53.3 Å². The molecule has 108 valence electrons. The first-order chi connectivity index (χ1) is 10.3. The van der Waals surface area contributed by atoms with Crippen molar-refractivity contribution < 1.29 is 4.74 Å². The average molecular weight is 281 g/mol. The minimum atomic E-state index is 0.661. The molecule has 1 aromatic carbocycles. The van der Waals surface area contributed by atoms with E-state index in [1.807, 2.05) is 12.1 Å². The summed E-state index contributed by atoms with van der Waals surface area (Å²) in [5.41, 5.74) is 2.97. The van der Waals surface area contributed by atoms with Crippen molar-refractivity contribution >= 4 is 0 Å². The van der Waals surface area contributed by atoms with E-state index in [-0.39, 0.29) is 0 Å². The number of hydrogen-bond acceptors (Lipinski definition) is 3. The van der Waals surface area contributed by atoms with Crippen LogP contribution in [-0.4, -0.2) is 17.7 Å². The van der Waals surface area contributed by atoms with Gasteiger partial charge in [-0.3, -0.25) is 0 Å². The lowest BCUT2D eigenvalue weighted by Gasteiger charge is -2.09. The monoisotopic (exact) mass is 281 g/mol. The average Bonchev–Trinajstić information content (AvgIpc) is 3.24. The van der Waals surface area contributed by atoms with Gasteiger partial charge in [-0.25, -0.2) is 0 Å². The van der Waals surface area contributed by atoms with Crippen LogP contribution in [0, 0.1) is 11.3 Å². The van der Waals surface area contributed by atoms with Crippen molar-refractivity contribution in [2.75, 3.05) is 7.11 Å². The summed E-state index contributed by atoms with van der Waals surface area (Å²) >= 11 is 0. The van der Waals surface area contributed by atoms with E-state index in [4.69, 9.17) is 10.00 Å². The summed E-state index contributed by atoms with van der Waals surface area (Å²) in [6, 6.07) is 10.6. The van der Waals surface area contributed by atoms with E-state index in [1.54, 1.807) is 13.2 Å². The van der Waals surface area contributed by atoms with Gasteiger partial charge in [0.2, 0.25) is 0 Å². The number of hydrogen-bond donors (Lipinski definition) is 1. The van der Waals surface area contributed by atoms with Gasteiger partial charge in [0.05, 0.1) is 25.3 Å². The summed E-state index contributed by atoms with van der Waals surface area (Å²) in [6.45, 7) is 1.63. The maximum absolute atomic E-state index is 9.02. The second-order valence-corrected chi connectivity index (χ2v) is 5.49. The molecule has 4 nitrogen and oxygen atoms in total. The largest absolute Gasteiger partial charge is 0.496 e. The van der Waals surface area contributed by atoms with Crippen molar-refractivity contribution in [1.82, 2.24) is 9.88 Å². The fourth-order valence-corrected chi connectivity index (χ4v) is 2.41. The highest BCUT2D eigenvalue weighted by molar-refractivity contribution is 5.42. The standard InChI is InChI=1S/C17H19N3O/c1-21-17-5-2-13(9-18)8-15(17)12-20-7-6-14(11-20)10-19-16-3-4-16/h2,5-8,11,16,19H,3-4,10,12H2,1H3. The van der Waals surface area contributed by atoms with Crippen molar-refractivity contribution in [3.8, 4) is 11.8 Å². The minimum Gasteiger partial charge on any atom is -0.496 e. The quantitative estimate of drug-likeness (QED) is 0.885. The number of nitrogens with zero attached hydrogens (tertiary/aromatic N) is 2. The highest BCUT2D eigenvalue weighted by Crippen LogP contribution is 2.22. The van der Waals surface area contributed by atoms with Gasteiger partial charge in [-0.2, -0.15) is 5.26 Å². The molecular weight excluding hydrogens is 262 g/mol. The van der Waals surface area contributed by atoms with Crippen LogP contribution in [0.25, 0.3) is 0 Å². The van der Waals surface area contributed by atoms with Crippen LogP contribution >= 0.6 is 0 Å². The van der Waals surface area contributed by atoms with Gasteiger partial charge in [0.1, 0.15) is 5.75 Å². The van der Waals surface area contributed by atoms with Crippen molar-refractivity contribution in [2.45, 2.75) is 32.0 Å². The fraction of sp³-hybridized carbons (Fsp3) is 0.353. The maximum atomic E-state index is 9.02. The summed E-state index contributed by atoms with van der Waals surface area (Å²) in [6.07, 6.45) is 6.83. The van der Waals surface area contributed by atoms with Gasteiger partial charge in [0.25, 0.3) is 0 Å². The number of nitriles is 1. The molecule has 2 aromatic rings. The first-order valence-corrected chi connectivity index (χ1v) is 7.23. The zero-order chi connectivity index (χ0) is 14.7. The molecule has 0 unspecified atom stereocenters. The molecule has 0 amide bonds. The Morgan fingerprint density at radius 1 is 1.38 bits per heavy atom. The van der Waals surface area contributed by atoms with Crippen molar-refractivity contribution in [3.63, 3.8) is 0 Å². The Hall–Kier alpha value is -2.25. The molecule has 4 heteroatoms. The van der Waals surface area contributed by atoms with Gasteiger partial charge >= 0.3 is 0 Å². The Balaban J connectivity index is 1.71. The number of aromatic nitrogens is 1. The minimum absolute atomic E-state index is 0.661. The Kier molecular flexibility index (Phi) is 3.94. The molecule has 1 fully saturated rings.